The van der Waals surface area contributed by atoms with Gasteiger partial charge in [-0.05, 0) is 26.2 Å². The van der Waals surface area contributed by atoms with Crippen molar-refractivity contribution in [2.45, 2.75) is 32.6 Å². The number of rotatable bonds is 5. The largest absolute Gasteiger partial charge is 0.465 e. The first-order chi connectivity index (χ1) is 7.67. The van der Waals surface area contributed by atoms with E-state index in [9.17, 15) is 9.59 Å². The highest BCUT2D eigenvalue weighted by atomic mass is 79.9. The maximum Gasteiger partial charge on any atom is 0.319 e. The summed E-state index contributed by atoms with van der Waals surface area (Å²) in [6, 6.07) is 0. The van der Waals surface area contributed by atoms with E-state index in [1.807, 2.05) is 12.2 Å². The highest BCUT2D eigenvalue weighted by Gasteiger charge is 2.48. The standard InChI is InChI=1S/C12H17BrO3/c1-2-16-11(15)12(7-3-4-9-13)8-5-6-10(12)14/h3-4H,2,5-9H2,1H3/b4-3-. The number of alkyl halides is 1. The summed E-state index contributed by atoms with van der Waals surface area (Å²) in [5.41, 5.74) is -0.894. The summed E-state index contributed by atoms with van der Waals surface area (Å²) in [5, 5.41) is 0.736. The summed E-state index contributed by atoms with van der Waals surface area (Å²) in [6.45, 7) is 2.09. The van der Waals surface area contributed by atoms with Gasteiger partial charge in [-0.2, -0.15) is 0 Å². The molecule has 0 heterocycles. The van der Waals surface area contributed by atoms with E-state index in [2.05, 4.69) is 15.9 Å². The molecule has 0 aromatic carbocycles. The molecule has 0 amide bonds. The van der Waals surface area contributed by atoms with Crippen LogP contribution in [-0.2, 0) is 14.3 Å². The van der Waals surface area contributed by atoms with Gasteiger partial charge in [0.05, 0.1) is 6.61 Å². The fraction of sp³-hybridized carbons (Fsp3) is 0.667. The molecule has 0 aromatic heterocycles. The van der Waals surface area contributed by atoms with Crippen molar-refractivity contribution in [3.63, 3.8) is 0 Å². The van der Waals surface area contributed by atoms with Crippen LogP contribution in [0.1, 0.15) is 32.6 Å². The van der Waals surface area contributed by atoms with Gasteiger partial charge in [0, 0.05) is 11.8 Å². The maximum atomic E-state index is 11.9. The second kappa shape index (κ2) is 6.18. The summed E-state index contributed by atoms with van der Waals surface area (Å²) >= 11 is 3.27. The summed E-state index contributed by atoms with van der Waals surface area (Å²) in [7, 11) is 0. The molecule has 4 heteroatoms. The minimum Gasteiger partial charge on any atom is -0.465 e. The first-order valence-corrected chi connectivity index (χ1v) is 6.71. The van der Waals surface area contributed by atoms with E-state index in [0.29, 0.717) is 25.9 Å². The molecule has 0 aromatic rings. The van der Waals surface area contributed by atoms with E-state index >= 15 is 0 Å². The van der Waals surface area contributed by atoms with Crippen LogP contribution in [0.4, 0.5) is 0 Å². The minimum absolute atomic E-state index is 0.0326. The van der Waals surface area contributed by atoms with Crippen molar-refractivity contribution in [2.75, 3.05) is 11.9 Å². The van der Waals surface area contributed by atoms with Gasteiger partial charge in [-0.15, -0.1) is 0 Å². The van der Waals surface area contributed by atoms with Crippen LogP contribution < -0.4 is 0 Å². The summed E-state index contributed by atoms with van der Waals surface area (Å²) in [6.07, 6.45) is 6.18. The van der Waals surface area contributed by atoms with Gasteiger partial charge in [0.25, 0.3) is 0 Å². The van der Waals surface area contributed by atoms with Crippen LogP contribution >= 0.6 is 15.9 Å². The zero-order chi connectivity index (χ0) is 12.0. The molecule has 0 spiro atoms. The second-order valence-electron chi connectivity index (χ2n) is 3.91. The van der Waals surface area contributed by atoms with Crippen LogP contribution in [0.25, 0.3) is 0 Å². The Balaban J connectivity index is 2.80. The monoisotopic (exact) mass is 288 g/mol. The molecule has 1 aliphatic rings. The number of carbonyl (C=O) groups excluding carboxylic acids is 2. The predicted molar refractivity (Wildman–Crippen MR) is 65.5 cm³/mol. The fourth-order valence-electron chi connectivity index (χ4n) is 2.06. The summed E-state index contributed by atoms with van der Waals surface area (Å²) < 4.78 is 5.02. The molecule has 0 N–H and O–H groups in total. The molecule has 1 aliphatic carbocycles. The van der Waals surface area contributed by atoms with Crippen LogP contribution in [0.3, 0.4) is 0 Å². The van der Waals surface area contributed by atoms with Crippen LogP contribution in [-0.4, -0.2) is 23.7 Å². The van der Waals surface area contributed by atoms with E-state index < -0.39 is 5.41 Å². The number of Topliss-reactive ketones (excluding diaryl/α,β-unsaturated/α-hetero) is 1. The molecule has 1 unspecified atom stereocenters. The average Bonchev–Trinajstić information content (AvgIpc) is 2.62. The third-order valence-electron chi connectivity index (χ3n) is 2.93. The van der Waals surface area contributed by atoms with E-state index in [1.165, 1.54) is 0 Å². The second-order valence-corrected chi connectivity index (χ2v) is 4.56. The number of halogens is 1. The molecule has 0 saturated heterocycles. The smallest absolute Gasteiger partial charge is 0.319 e. The number of ether oxygens (including phenoxy) is 1. The Morgan fingerprint density at radius 3 is 2.81 bits per heavy atom. The number of hydrogen-bond acceptors (Lipinski definition) is 3. The van der Waals surface area contributed by atoms with Crippen molar-refractivity contribution in [3.8, 4) is 0 Å². The van der Waals surface area contributed by atoms with Gasteiger partial charge in [0.15, 0.2) is 5.78 Å². The van der Waals surface area contributed by atoms with Gasteiger partial charge in [-0.25, -0.2) is 0 Å². The zero-order valence-corrected chi connectivity index (χ0v) is 11.1. The van der Waals surface area contributed by atoms with Gasteiger partial charge >= 0.3 is 5.97 Å². The molecular formula is C12H17BrO3. The van der Waals surface area contributed by atoms with E-state index in [1.54, 1.807) is 6.92 Å². The molecule has 0 aliphatic heterocycles. The Labute approximate surface area is 104 Å². The Kier molecular flexibility index (Phi) is 5.19. The number of allylic oxidation sites excluding steroid dienone is 2. The molecule has 1 atom stereocenters. The lowest BCUT2D eigenvalue weighted by Crippen LogP contribution is -2.36. The van der Waals surface area contributed by atoms with Crippen LogP contribution in [0.15, 0.2) is 12.2 Å². The molecule has 3 nitrogen and oxygen atoms in total. The first kappa shape index (κ1) is 13.4. The number of ketones is 1. The van der Waals surface area contributed by atoms with E-state index in [4.69, 9.17) is 4.74 Å². The van der Waals surface area contributed by atoms with Crippen molar-refractivity contribution in [1.29, 1.82) is 0 Å². The molecule has 0 radical (unpaired) electrons. The molecule has 1 fully saturated rings. The average molecular weight is 289 g/mol. The third-order valence-corrected chi connectivity index (χ3v) is 3.30. The molecule has 0 bridgehead atoms. The Hall–Kier alpha value is -0.640. The third kappa shape index (κ3) is 2.73. The first-order valence-electron chi connectivity index (χ1n) is 5.59. The molecule has 16 heavy (non-hydrogen) atoms. The minimum atomic E-state index is -0.894. The lowest BCUT2D eigenvalue weighted by molar-refractivity contribution is -0.158. The number of hydrogen-bond donors (Lipinski definition) is 0. The Morgan fingerprint density at radius 1 is 1.56 bits per heavy atom. The summed E-state index contributed by atoms with van der Waals surface area (Å²) in [5.74, 6) is -0.318. The van der Waals surface area contributed by atoms with Crippen molar-refractivity contribution in [3.05, 3.63) is 12.2 Å². The van der Waals surface area contributed by atoms with Crippen LogP contribution in [0.5, 0.6) is 0 Å². The van der Waals surface area contributed by atoms with Gasteiger partial charge < -0.3 is 4.74 Å². The lowest BCUT2D eigenvalue weighted by Gasteiger charge is -2.23. The maximum absolute atomic E-state index is 11.9. The lowest BCUT2D eigenvalue weighted by atomic mass is 9.81. The zero-order valence-electron chi connectivity index (χ0n) is 9.50. The summed E-state index contributed by atoms with van der Waals surface area (Å²) in [4.78, 5) is 23.7. The quantitative estimate of drug-likeness (QED) is 0.338. The van der Waals surface area contributed by atoms with E-state index in [-0.39, 0.29) is 11.8 Å². The van der Waals surface area contributed by atoms with Gasteiger partial charge in [0.2, 0.25) is 0 Å². The normalized spacial score (nSPS) is 25.2. The molecular weight excluding hydrogens is 272 g/mol. The van der Waals surface area contributed by atoms with E-state index in [0.717, 1.165) is 11.8 Å². The predicted octanol–water partition coefficient (Wildman–Crippen LogP) is 2.63. The molecule has 90 valence electrons. The van der Waals surface area contributed by atoms with Gasteiger partial charge in [-0.1, -0.05) is 28.1 Å². The van der Waals surface area contributed by atoms with Crippen LogP contribution in [0, 0.1) is 5.41 Å². The Bertz CT molecular complexity index is 299. The van der Waals surface area contributed by atoms with Gasteiger partial charge in [-0.3, -0.25) is 9.59 Å². The van der Waals surface area contributed by atoms with Crippen molar-refractivity contribution < 1.29 is 14.3 Å². The van der Waals surface area contributed by atoms with Gasteiger partial charge in [0.1, 0.15) is 5.41 Å². The van der Waals surface area contributed by atoms with Crippen molar-refractivity contribution in [1.82, 2.24) is 0 Å². The molecule has 1 saturated carbocycles. The SMILES string of the molecule is CCOC(=O)C1(C/C=C\CBr)CCCC1=O. The highest BCUT2D eigenvalue weighted by Crippen LogP contribution is 2.39. The van der Waals surface area contributed by atoms with Crippen molar-refractivity contribution in [2.24, 2.45) is 5.41 Å². The topological polar surface area (TPSA) is 43.4 Å². The Morgan fingerprint density at radius 2 is 2.31 bits per heavy atom. The number of carbonyl (C=O) groups is 2. The van der Waals surface area contributed by atoms with Crippen LogP contribution in [0.2, 0.25) is 0 Å². The number of esters is 1. The molecule has 1 rings (SSSR count). The highest BCUT2D eigenvalue weighted by molar-refractivity contribution is 9.09. The fourth-order valence-corrected chi connectivity index (χ4v) is 2.33. The van der Waals surface area contributed by atoms with Crippen molar-refractivity contribution >= 4 is 27.7 Å².